The van der Waals surface area contributed by atoms with Crippen LogP contribution >= 0.6 is 12.2 Å². The van der Waals surface area contributed by atoms with Crippen molar-refractivity contribution in [2.24, 2.45) is 5.92 Å². The van der Waals surface area contributed by atoms with Gasteiger partial charge in [-0.25, -0.2) is 0 Å². The van der Waals surface area contributed by atoms with Crippen LogP contribution in [0.1, 0.15) is 12.8 Å². The molecule has 2 saturated heterocycles. The maximum Gasteiger partial charge on any atom is 0.168 e. The van der Waals surface area contributed by atoms with Gasteiger partial charge in [0.15, 0.2) is 5.11 Å². The molecular weight excluding hydrogens is 144 g/mol. The minimum atomic E-state index is 0.862. The van der Waals surface area contributed by atoms with Crippen LogP contribution in [0.2, 0.25) is 0 Å². The SMILES string of the molecule is S=C1NCC2CCCN1C2. The van der Waals surface area contributed by atoms with Crippen molar-refractivity contribution in [1.82, 2.24) is 10.2 Å². The van der Waals surface area contributed by atoms with Gasteiger partial charge >= 0.3 is 0 Å². The first-order chi connectivity index (χ1) is 4.86. The molecule has 3 heteroatoms. The van der Waals surface area contributed by atoms with E-state index in [2.05, 4.69) is 10.2 Å². The molecule has 1 N–H and O–H groups in total. The van der Waals surface area contributed by atoms with E-state index in [0.29, 0.717) is 0 Å². The van der Waals surface area contributed by atoms with E-state index in [9.17, 15) is 0 Å². The fourth-order valence-corrected chi connectivity index (χ4v) is 2.01. The standard InChI is InChI=1S/C7H12N2S/c10-7-8-4-6-2-1-3-9(7)5-6/h6H,1-5H2,(H,8,10). The highest BCUT2D eigenvalue weighted by Gasteiger charge is 2.25. The summed E-state index contributed by atoms with van der Waals surface area (Å²) in [6.45, 7) is 3.48. The summed E-state index contributed by atoms with van der Waals surface area (Å²) >= 11 is 5.13. The van der Waals surface area contributed by atoms with Crippen molar-refractivity contribution in [3.63, 3.8) is 0 Å². The zero-order valence-corrected chi connectivity index (χ0v) is 6.78. The molecule has 0 aromatic carbocycles. The predicted molar refractivity (Wildman–Crippen MR) is 44.9 cm³/mol. The summed E-state index contributed by atoms with van der Waals surface area (Å²) in [4.78, 5) is 2.28. The van der Waals surface area contributed by atoms with Gasteiger partial charge in [-0.05, 0) is 31.0 Å². The molecule has 0 aromatic rings. The molecule has 2 rings (SSSR count). The quantitative estimate of drug-likeness (QED) is 0.517. The van der Waals surface area contributed by atoms with E-state index < -0.39 is 0 Å². The molecule has 0 aliphatic carbocycles. The Balaban J connectivity index is 2.07. The lowest BCUT2D eigenvalue weighted by atomic mass is 9.97. The van der Waals surface area contributed by atoms with Gasteiger partial charge in [0.25, 0.3) is 0 Å². The molecule has 0 aromatic heterocycles. The number of nitrogens with one attached hydrogen (secondary N) is 1. The number of hydrogen-bond donors (Lipinski definition) is 1. The zero-order valence-electron chi connectivity index (χ0n) is 5.97. The Hall–Kier alpha value is -0.310. The van der Waals surface area contributed by atoms with Crippen LogP contribution in [0, 0.1) is 5.92 Å². The van der Waals surface area contributed by atoms with Crippen LogP contribution < -0.4 is 5.32 Å². The third kappa shape index (κ3) is 0.985. The number of rotatable bonds is 0. The normalized spacial score (nSPS) is 31.8. The highest BCUT2D eigenvalue weighted by Crippen LogP contribution is 2.18. The van der Waals surface area contributed by atoms with Crippen molar-refractivity contribution in [3.05, 3.63) is 0 Å². The van der Waals surface area contributed by atoms with Crippen LogP contribution in [0.5, 0.6) is 0 Å². The van der Waals surface area contributed by atoms with Crippen LogP contribution in [0.15, 0.2) is 0 Å². The van der Waals surface area contributed by atoms with Crippen LogP contribution in [0.3, 0.4) is 0 Å². The largest absolute Gasteiger partial charge is 0.362 e. The Morgan fingerprint density at radius 1 is 1.60 bits per heavy atom. The van der Waals surface area contributed by atoms with E-state index in [0.717, 1.165) is 17.6 Å². The summed E-state index contributed by atoms with van der Waals surface area (Å²) in [6, 6.07) is 0. The van der Waals surface area contributed by atoms with Crippen LogP contribution in [0.4, 0.5) is 0 Å². The molecule has 0 spiro atoms. The molecule has 10 heavy (non-hydrogen) atoms. The summed E-state index contributed by atoms with van der Waals surface area (Å²) in [7, 11) is 0. The lowest BCUT2D eigenvalue weighted by Gasteiger charge is -2.39. The number of nitrogens with zero attached hydrogens (tertiary/aromatic N) is 1. The van der Waals surface area contributed by atoms with Crippen molar-refractivity contribution in [3.8, 4) is 0 Å². The van der Waals surface area contributed by atoms with Crippen molar-refractivity contribution in [2.45, 2.75) is 12.8 Å². The summed E-state index contributed by atoms with van der Waals surface area (Å²) in [5.41, 5.74) is 0. The first-order valence-electron chi connectivity index (χ1n) is 3.89. The fourth-order valence-electron chi connectivity index (χ4n) is 1.76. The molecule has 0 amide bonds. The Labute approximate surface area is 66.6 Å². The maximum absolute atomic E-state index is 5.13. The molecule has 0 radical (unpaired) electrons. The number of thiocarbonyl (C=S) groups is 1. The summed E-state index contributed by atoms with van der Waals surface area (Å²) in [6.07, 6.45) is 2.71. The number of fused-ring (bicyclic) bond motifs is 2. The van der Waals surface area contributed by atoms with Crippen molar-refractivity contribution < 1.29 is 0 Å². The molecule has 2 aliphatic rings. The second-order valence-electron chi connectivity index (χ2n) is 3.14. The molecule has 2 heterocycles. The van der Waals surface area contributed by atoms with Crippen molar-refractivity contribution in [1.29, 1.82) is 0 Å². The average Bonchev–Trinajstić information content (AvgIpc) is 1.99. The van der Waals surface area contributed by atoms with Crippen LogP contribution in [-0.2, 0) is 0 Å². The number of hydrogen-bond acceptors (Lipinski definition) is 1. The zero-order chi connectivity index (χ0) is 6.97. The summed E-state index contributed by atoms with van der Waals surface area (Å²) in [5.74, 6) is 0.862. The van der Waals surface area contributed by atoms with Gasteiger partial charge < -0.3 is 10.2 Å². The van der Waals surface area contributed by atoms with Crippen molar-refractivity contribution in [2.75, 3.05) is 19.6 Å². The van der Waals surface area contributed by atoms with Gasteiger partial charge in [-0.3, -0.25) is 0 Å². The summed E-state index contributed by atoms with van der Waals surface area (Å²) in [5, 5.41) is 4.21. The third-order valence-corrected chi connectivity index (χ3v) is 2.75. The number of piperidine rings is 1. The minimum Gasteiger partial charge on any atom is -0.362 e. The van der Waals surface area contributed by atoms with Gasteiger partial charge in [-0.15, -0.1) is 0 Å². The highest BCUT2D eigenvalue weighted by molar-refractivity contribution is 7.80. The fraction of sp³-hybridized carbons (Fsp3) is 0.857. The average molecular weight is 156 g/mol. The second-order valence-corrected chi connectivity index (χ2v) is 3.53. The molecule has 1 unspecified atom stereocenters. The Morgan fingerprint density at radius 3 is 3.30 bits per heavy atom. The molecule has 2 nitrogen and oxygen atoms in total. The van der Waals surface area contributed by atoms with E-state index in [4.69, 9.17) is 12.2 Å². The topological polar surface area (TPSA) is 15.3 Å². The molecule has 2 fully saturated rings. The molecule has 2 aliphatic heterocycles. The van der Waals surface area contributed by atoms with Gasteiger partial charge in [0.05, 0.1) is 0 Å². The van der Waals surface area contributed by atoms with Gasteiger partial charge in [0.1, 0.15) is 0 Å². The van der Waals surface area contributed by atoms with E-state index >= 15 is 0 Å². The first kappa shape index (κ1) is 6.40. The highest BCUT2D eigenvalue weighted by atomic mass is 32.1. The smallest absolute Gasteiger partial charge is 0.168 e. The lowest BCUT2D eigenvalue weighted by Crippen LogP contribution is -2.53. The van der Waals surface area contributed by atoms with E-state index in [1.54, 1.807) is 0 Å². The maximum atomic E-state index is 5.13. The van der Waals surface area contributed by atoms with Gasteiger partial charge in [0, 0.05) is 19.6 Å². The third-order valence-electron chi connectivity index (χ3n) is 2.35. The minimum absolute atomic E-state index is 0.862. The Bertz CT molecular complexity index is 158. The molecular formula is C7H12N2S. The van der Waals surface area contributed by atoms with Gasteiger partial charge in [-0.1, -0.05) is 0 Å². The van der Waals surface area contributed by atoms with Crippen LogP contribution in [-0.4, -0.2) is 29.6 Å². The van der Waals surface area contributed by atoms with E-state index in [1.165, 1.54) is 25.9 Å². The first-order valence-corrected chi connectivity index (χ1v) is 4.30. The molecule has 0 saturated carbocycles. The molecule has 1 atom stereocenters. The van der Waals surface area contributed by atoms with Gasteiger partial charge in [0.2, 0.25) is 0 Å². The second kappa shape index (κ2) is 2.38. The monoisotopic (exact) mass is 156 g/mol. The lowest BCUT2D eigenvalue weighted by molar-refractivity contribution is 0.229. The van der Waals surface area contributed by atoms with Crippen molar-refractivity contribution >= 4 is 17.3 Å². The van der Waals surface area contributed by atoms with E-state index in [-0.39, 0.29) is 0 Å². The summed E-state index contributed by atoms with van der Waals surface area (Å²) < 4.78 is 0. The van der Waals surface area contributed by atoms with E-state index in [1.807, 2.05) is 0 Å². The predicted octanol–water partition coefficient (Wildman–Crippen LogP) is 0.587. The van der Waals surface area contributed by atoms with Gasteiger partial charge in [-0.2, -0.15) is 0 Å². The van der Waals surface area contributed by atoms with Crippen LogP contribution in [0.25, 0.3) is 0 Å². The molecule has 2 bridgehead atoms. The molecule has 56 valence electrons. The Morgan fingerprint density at radius 2 is 2.50 bits per heavy atom. The Kier molecular flexibility index (Phi) is 1.52.